The van der Waals surface area contributed by atoms with Crippen molar-refractivity contribution < 1.29 is 9.59 Å². The van der Waals surface area contributed by atoms with E-state index in [2.05, 4.69) is 6.92 Å². The van der Waals surface area contributed by atoms with E-state index in [1.165, 1.54) is 28.0 Å². The predicted octanol–water partition coefficient (Wildman–Crippen LogP) is 2.66. The third-order valence-corrected chi connectivity index (χ3v) is 4.63. The summed E-state index contributed by atoms with van der Waals surface area (Å²) < 4.78 is 0. The van der Waals surface area contributed by atoms with E-state index in [9.17, 15) is 9.59 Å². The molecule has 5 heteroatoms. The molecular formula is C11H13NO2S2. The zero-order chi connectivity index (χ0) is 11.5. The van der Waals surface area contributed by atoms with Crippen LogP contribution in [0.5, 0.6) is 0 Å². The summed E-state index contributed by atoms with van der Waals surface area (Å²) >= 11 is 2.82. The summed E-state index contributed by atoms with van der Waals surface area (Å²) in [6.07, 6.45) is 0.955. The zero-order valence-corrected chi connectivity index (χ0v) is 10.7. The van der Waals surface area contributed by atoms with Crippen LogP contribution in [0.4, 0.5) is 4.79 Å². The maximum Gasteiger partial charge on any atom is 0.282 e. The summed E-state index contributed by atoms with van der Waals surface area (Å²) in [5.74, 6) is 0.858. The van der Waals surface area contributed by atoms with Crippen molar-refractivity contribution >= 4 is 34.1 Å². The van der Waals surface area contributed by atoms with Gasteiger partial charge in [-0.05, 0) is 18.6 Å². The second kappa shape index (κ2) is 5.01. The fourth-order valence-corrected chi connectivity index (χ4v) is 3.24. The second-order valence-corrected chi connectivity index (χ2v) is 5.79. The van der Waals surface area contributed by atoms with Gasteiger partial charge in [-0.3, -0.25) is 9.59 Å². The monoisotopic (exact) mass is 255 g/mol. The minimum Gasteiger partial charge on any atom is -0.325 e. The third kappa shape index (κ3) is 2.47. The van der Waals surface area contributed by atoms with Crippen molar-refractivity contribution in [1.82, 2.24) is 4.90 Å². The van der Waals surface area contributed by atoms with Crippen LogP contribution >= 0.6 is 23.1 Å². The van der Waals surface area contributed by atoms with Gasteiger partial charge in [0.1, 0.15) is 0 Å². The van der Waals surface area contributed by atoms with Gasteiger partial charge in [-0.1, -0.05) is 18.7 Å². The van der Waals surface area contributed by atoms with Gasteiger partial charge in [0.05, 0.1) is 11.4 Å². The smallest absolute Gasteiger partial charge is 0.282 e. The van der Waals surface area contributed by atoms with E-state index in [0.717, 1.165) is 17.1 Å². The highest BCUT2D eigenvalue weighted by Crippen LogP contribution is 2.21. The molecule has 3 nitrogen and oxygen atoms in total. The first-order valence-electron chi connectivity index (χ1n) is 5.24. The van der Waals surface area contributed by atoms with Gasteiger partial charge in [-0.2, -0.15) is 0 Å². The van der Waals surface area contributed by atoms with Crippen LogP contribution in [-0.2, 0) is 6.42 Å². The Morgan fingerprint density at radius 1 is 1.50 bits per heavy atom. The summed E-state index contributed by atoms with van der Waals surface area (Å²) in [7, 11) is 0. The zero-order valence-electron chi connectivity index (χ0n) is 9.06. The van der Waals surface area contributed by atoms with Crippen LogP contribution in [0.1, 0.15) is 21.5 Å². The Bertz CT molecular complexity index is 414. The Labute approximate surface area is 103 Å². The molecule has 0 saturated carbocycles. The molecule has 1 aromatic rings. The minimum absolute atomic E-state index is 0.0284. The van der Waals surface area contributed by atoms with E-state index in [1.807, 2.05) is 12.1 Å². The lowest BCUT2D eigenvalue weighted by Crippen LogP contribution is -2.29. The lowest BCUT2D eigenvalue weighted by atomic mass is 10.3. The fraction of sp³-hybridized carbons (Fsp3) is 0.455. The number of aryl methyl sites for hydroxylation is 1. The van der Waals surface area contributed by atoms with Crippen molar-refractivity contribution in [2.75, 3.05) is 18.8 Å². The largest absolute Gasteiger partial charge is 0.325 e. The van der Waals surface area contributed by atoms with Crippen molar-refractivity contribution in [1.29, 1.82) is 0 Å². The van der Waals surface area contributed by atoms with Crippen molar-refractivity contribution in [3.63, 3.8) is 0 Å². The molecular weight excluding hydrogens is 242 g/mol. The Balaban J connectivity index is 1.99. The van der Waals surface area contributed by atoms with Gasteiger partial charge in [-0.15, -0.1) is 11.3 Å². The first-order chi connectivity index (χ1) is 7.70. The maximum absolute atomic E-state index is 11.9. The van der Waals surface area contributed by atoms with E-state index in [0.29, 0.717) is 6.54 Å². The quantitative estimate of drug-likeness (QED) is 0.776. The van der Waals surface area contributed by atoms with Gasteiger partial charge in [0, 0.05) is 17.2 Å². The van der Waals surface area contributed by atoms with Gasteiger partial charge in [0.15, 0.2) is 5.78 Å². The van der Waals surface area contributed by atoms with Crippen molar-refractivity contribution in [3.8, 4) is 0 Å². The second-order valence-electron chi connectivity index (χ2n) is 3.58. The lowest BCUT2D eigenvalue weighted by Gasteiger charge is -2.12. The number of Topliss-reactive ketones (excluding diaryl/α,β-unsaturated/α-hetero) is 1. The fourth-order valence-electron chi connectivity index (χ4n) is 1.54. The molecule has 86 valence electrons. The van der Waals surface area contributed by atoms with E-state index in [-0.39, 0.29) is 17.6 Å². The van der Waals surface area contributed by atoms with Crippen LogP contribution < -0.4 is 0 Å². The summed E-state index contributed by atoms with van der Waals surface area (Å²) in [6, 6.07) is 3.85. The molecule has 0 unspecified atom stereocenters. The molecule has 0 bridgehead atoms. The first kappa shape index (κ1) is 11.7. The highest BCUT2D eigenvalue weighted by atomic mass is 32.2. The number of hydrogen-bond acceptors (Lipinski definition) is 4. The van der Waals surface area contributed by atoms with Crippen LogP contribution in [0.2, 0.25) is 0 Å². The molecule has 1 aliphatic heterocycles. The number of carbonyl (C=O) groups is 2. The van der Waals surface area contributed by atoms with Crippen LogP contribution in [0.15, 0.2) is 12.1 Å². The number of carbonyl (C=O) groups excluding carboxylic acids is 2. The Kier molecular flexibility index (Phi) is 3.66. The number of nitrogens with zero attached hydrogens (tertiary/aromatic N) is 1. The standard InChI is InChI=1S/C11H13NO2S2/c1-2-8-3-4-10(16-8)9(13)7-12-5-6-15-11(12)14/h3-4H,2,5-7H2,1H3. The van der Waals surface area contributed by atoms with Gasteiger partial charge < -0.3 is 4.90 Å². The Hall–Kier alpha value is -0.810. The Morgan fingerprint density at radius 3 is 2.88 bits per heavy atom. The topological polar surface area (TPSA) is 37.4 Å². The molecule has 0 N–H and O–H groups in total. The first-order valence-corrected chi connectivity index (χ1v) is 7.04. The normalized spacial score (nSPS) is 15.8. The van der Waals surface area contributed by atoms with E-state index < -0.39 is 0 Å². The van der Waals surface area contributed by atoms with Crippen LogP contribution in [-0.4, -0.2) is 34.8 Å². The molecule has 1 fully saturated rings. The number of hydrogen-bond donors (Lipinski definition) is 0. The molecule has 0 spiro atoms. The SMILES string of the molecule is CCc1ccc(C(=O)CN2CCSC2=O)s1. The minimum atomic E-state index is 0.0284. The summed E-state index contributed by atoms with van der Waals surface area (Å²) in [4.78, 5) is 26.8. The molecule has 1 aromatic heterocycles. The molecule has 1 aliphatic rings. The van der Waals surface area contributed by atoms with Gasteiger partial charge in [-0.25, -0.2) is 0 Å². The number of thioether (sulfide) groups is 1. The molecule has 2 heterocycles. The number of amides is 1. The van der Waals surface area contributed by atoms with E-state index in [4.69, 9.17) is 0 Å². The number of rotatable bonds is 4. The van der Waals surface area contributed by atoms with Gasteiger partial charge in [0.2, 0.25) is 0 Å². The lowest BCUT2D eigenvalue weighted by molar-refractivity contribution is 0.0960. The van der Waals surface area contributed by atoms with Crippen molar-refractivity contribution in [2.45, 2.75) is 13.3 Å². The number of ketones is 1. The molecule has 0 radical (unpaired) electrons. The molecule has 1 amide bonds. The average Bonchev–Trinajstić information content (AvgIpc) is 2.88. The molecule has 0 aromatic carbocycles. The van der Waals surface area contributed by atoms with Crippen LogP contribution in [0.25, 0.3) is 0 Å². The summed E-state index contributed by atoms with van der Waals surface area (Å²) in [6.45, 7) is 3.00. The van der Waals surface area contributed by atoms with Gasteiger partial charge >= 0.3 is 0 Å². The summed E-state index contributed by atoms with van der Waals surface area (Å²) in [5.41, 5.74) is 0. The molecule has 16 heavy (non-hydrogen) atoms. The highest BCUT2D eigenvalue weighted by molar-refractivity contribution is 8.13. The van der Waals surface area contributed by atoms with Gasteiger partial charge in [0.25, 0.3) is 5.24 Å². The van der Waals surface area contributed by atoms with Crippen LogP contribution in [0, 0.1) is 0 Å². The predicted molar refractivity (Wildman–Crippen MR) is 67.5 cm³/mol. The average molecular weight is 255 g/mol. The maximum atomic E-state index is 11.9. The molecule has 0 atom stereocenters. The summed E-state index contributed by atoms with van der Waals surface area (Å²) in [5, 5.41) is 0.0284. The van der Waals surface area contributed by atoms with E-state index >= 15 is 0 Å². The van der Waals surface area contributed by atoms with Crippen LogP contribution in [0.3, 0.4) is 0 Å². The van der Waals surface area contributed by atoms with Crippen molar-refractivity contribution in [2.24, 2.45) is 0 Å². The molecule has 0 aliphatic carbocycles. The number of thiophene rings is 1. The highest BCUT2D eigenvalue weighted by Gasteiger charge is 2.24. The third-order valence-electron chi connectivity index (χ3n) is 2.46. The van der Waals surface area contributed by atoms with E-state index in [1.54, 1.807) is 4.90 Å². The molecule has 1 saturated heterocycles. The Morgan fingerprint density at radius 2 is 2.31 bits per heavy atom. The van der Waals surface area contributed by atoms with Crippen molar-refractivity contribution in [3.05, 3.63) is 21.9 Å². The molecule has 2 rings (SSSR count).